The smallest absolute Gasteiger partial charge is 0.335 e. The van der Waals surface area contributed by atoms with Gasteiger partial charge in [-0.15, -0.1) is 11.8 Å². The number of hydrogen-bond donors (Lipinski definition) is 1. The van der Waals surface area contributed by atoms with Crippen molar-refractivity contribution in [2.45, 2.75) is 69.6 Å². The quantitative estimate of drug-likeness (QED) is 0.315. The second-order valence-corrected chi connectivity index (χ2v) is 8.78. The Morgan fingerprint density at radius 2 is 1.73 bits per heavy atom. The molecule has 0 radical (unpaired) electrons. The van der Waals surface area contributed by atoms with E-state index in [-0.39, 0.29) is 31.8 Å². The van der Waals surface area contributed by atoms with Crippen LogP contribution in [0.25, 0.3) is 0 Å². The SMILES string of the molecule is CCOC(=O)C(SCc1cccnc1)(C(=O)OCC)C(N)CCC(=O)OC(C)(C)C. The van der Waals surface area contributed by atoms with Crippen LogP contribution >= 0.6 is 11.8 Å². The number of aromatic nitrogens is 1. The van der Waals surface area contributed by atoms with Crippen LogP contribution in [0, 0.1) is 0 Å². The standard InChI is InChI=1S/C21H32N2O6S/c1-6-27-18(25)21(19(26)28-7-2,30-14-15-9-8-12-23-13-15)16(22)10-11-17(24)29-20(3,4)5/h8-9,12-13,16H,6-7,10-11,14,22H2,1-5H3. The lowest BCUT2D eigenvalue weighted by Crippen LogP contribution is -2.58. The number of carbonyl (C=O) groups excluding carboxylic acids is 3. The molecule has 168 valence electrons. The van der Waals surface area contributed by atoms with Gasteiger partial charge in [0.2, 0.25) is 4.75 Å². The summed E-state index contributed by atoms with van der Waals surface area (Å²) >= 11 is 1.02. The van der Waals surface area contributed by atoms with E-state index in [0.29, 0.717) is 0 Å². The molecule has 0 saturated heterocycles. The minimum absolute atomic E-state index is 0.0482. The normalized spacial score (nSPS) is 12.7. The Hall–Kier alpha value is -2.13. The molecule has 2 N–H and O–H groups in total. The van der Waals surface area contributed by atoms with Crippen LogP contribution in [0.15, 0.2) is 24.5 Å². The van der Waals surface area contributed by atoms with Crippen LogP contribution < -0.4 is 5.73 Å². The average Bonchev–Trinajstić information content (AvgIpc) is 2.67. The first kappa shape index (κ1) is 25.9. The summed E-state index contributed by atoms with van der Waals surface area (Å²) in [4.78, 5) is 42.1. The molecule has 1 aromatic rings. The van der Waals surface area contributed by atoms with Crippen LogP contribution in [0.3, 0.4) is 0 Å². The molecule has 1 atom stereocenters. The highest BCUT2D eigenvalue weighted by molar-refractivity contribution is 8.01. The number of thioether (sulfide) groups is 1. The molecule has 0 aliphatic rings. The van der Waals surface area contributed by atoms with E-state index >= 15 is 0 Å². The van der Waals surface area contributed by atoms with E-state index < -0.39 is 34.3 Å². The van der Waals surface area contributed by atoms with Crippen molar-refractivity contribution in [3.63, 3.8) is 0 Å². The maximum Gasteiger partial charge on any atom is 0.335 e. The fourth-order valence-corrected chi connectivity index (χ4v) is 3.89. The van der Waals surface area contributed by atoms with Crippen molar-refractivity contribution < 1.29 is 28.6 Å². The van der Waals surface area contributed by atoms with Gasteiger partial charge in [-0.2, -0.15) is 0 Å². The Bertz CT molecular complexity index is 687. The monoisotopic (exact) mass is 440 g/mol. The summed E-state index contributed by atoms with van der Waals surface area (Å²) in [5.74, 6) is -1.74. The van der Waals surface area contributed by atoms with E-state index in [2.05, 4.69) is 4.98 Å². The van der Waals surface area contributed by atoms with Crippen LogP contribution in [0.5, 0.6) is 0 Å². The van der Waals surface area contributed by atoms with Crippen LogP contribution in [0.4, 0.5) is 0 Å². The van der Waals surface area contributed by atoms with Gasteiger partial charge in [-0.25, -0.2) is 9.59 Å². The Labute approximate surface area is 182 Å². The molecule has 8 nitrogen and oxygen atoms in total. The molecule has 0 aliphatic carbocycles. The molecule has 30 heavy (non-hydrogen) atoms. The van der Waals surface area contributed by atoms with Gasteiger partial charge in [0, 0.05) is 30.6 Å². The first-order valence-electron chi connectivity index (χ1n) is 9.91. The molecular weight excluding hydrogens is 408 g/mol. The molecule has 1 rings (SSSR count). The lowest BCUT2D eigenvalue weighted by atomic mass is 9.95. The van der Waals surface area contributed by atoms with Gasteiger partial charge >= 0.3 is 17.9 Å². The number of rotatable bonds is 11. The highest BCUT2D eigenvalue weighted by Gasteiger charge is 2.54. The molecule has 0 aromatic carbocycles. The summed E-state index contributed by atoms with van der Waals surface area (Å²) in [7, 11) is 0. The Morgan fingerprint density at radius 1 is 1.13 bits per heavy atom. The average molecular weight is 441 g/mol. The molecule has 0 spiro atoms. The van der Waals surface area contributed by atoms with E-state index in [4.69, 9.17) is 19.9 Å². The summed E-state index contributed by atoms with van der Waals surface area (Å²) in [6, 6.07) is 2.56. The Morgan fingerprint density at radius 3 is 2.20 bits per heavy atom. The minimum Gasteiger partial charge on any atom is -0.464 e. The van der Waals surface area contributed by atoms with Gasteiger partial charge in [-0.3, -0.25) is 9.78 Å². The molecule has 0 fully saturated rings. The largest absolute Gasteiger partial charge is 0.464 e. The molecule has 0 amide bonds. The Kier molecular flexibility index (Phi) is 10.3. The molecule has 1 aromatic heterocycles. The van der Waals surface area contributed by atoms with E-state index in [1.54, 1.807) is 53.1 Å². The number of carbonyl (C=O) groups is 3. The third-order valence-corrected chi connectivity index (χ3v) is 5.52. The lowest BCUT2D eigenvalue weighted by molar-refractivity contribution is -0.161. The van der Waals surface area contributed by atoms with Gasteiger partial charge in [0.05, 0.1) is 13.2 Å². The topological polar surface area (TPSA) is 118 Å². The van der Waals surface area contributed by atoms with Gasteiger partial charge < -0.3 is 19.9 Å². The van der Waals surface area contributed by atoms with Crippen molar-refractivity contribution in [1.82, 2.24) is 4.98 Å². The maximum absolute atomic E-state index is 13.0. The van der Waals surface area contributed by atoms with Crippen LogP contribution in [0.1, 0.15) is 53.0 Å². The van der Waals surface area contributed by atoms with Crippen LogP contribution in [0.2, 0.25) is 0 Å². The minimum atomic E-state index is -1.82. The maximum atomic E-state index is 13.0. The van der Waals surface area contributed by atoms with Crippen molar-refractivity contribution in [1.29, 1.82) is 0 Å². The fourth-order valence-electron chi connectivity index (χ4n) is 2.64. The van der Waals surface area contributed by atoms with E-state index in [0.717, 1.165) is 17.3 Å². The molecule has 0 aliphatic heterocycles. The Balaban J connectivity index is 3.14. The molecule has 1 unspecified atom stereocenters. The van der Waals surface area contributed by atoms with Gasteiger partial charge in [0.1, 0.15) is 5.60 Å². The summed E-state index contributed by atoms with van der Waals surface area (Å²) in [6.07, 6.45) is 3.27. The molecule has 1 heterocycles. The number of esters is 3. The highest BCUT2D eigenvalue weighted by Crippen LogP contribution is 2.36. The molecule has 9 heteroatoms. The van der Waals surface area contributed by atoms with Crippen molar-refractivity contribution >= 4 is 29.7 Å². The van der Waals surface area contributed by atoms with Gasteiger partial charge in [0.15, 0.2) is 0 Å². The summed E-state index contributed by atoms with van der Waals surface area (Å²) < 4.78 is 13.9. The van der Waals surface area contributed by atoms with Gasteiger partial charge in [-0.05, 0) is 52.7 Å². The van der Waals surface area contributed by atoms with Crippen LogP contribution in [-0.4, -0.2) is 52.5 Å². The van der Waals surface area contributed by atoms with E-state index in [9.17, 15) is 14.4 Å². The summed E-state index contributed by atoms with van der Waals surface area (Å²) in [5.41, 5.74) is 6.51. The predicted octanol–water partition coefficient (Wildman–Crippen LogP) is 2.63. The summed E-state index contributed by atoms with van der Waals surface area (Å²) in [5, 5.41) is 0. The molecular formula is C21H32N2O6S. The second-order valence-electron chi connectivity index (χ2n) is 7.56. The van der Waals surface area contributed by atoms with E-state index in [1.807, 2.05) is 6.07 Å². The number of pyridine rings is 1. The van der Waals surface area contributed by atoms with Crippen LogP contribution in [-0.2, 0) is 34.3 Å². The second kappa shape index (κ2) is 11.9. The third-order valence-electron chi connectivity index (χ3n) is 3.95. The zero-order chi connectivity index (χ0) is 22.8. The van der Waals surface area contributed by atoms with Gasteiger partial charge in [0.25, 0.3) is 0 Å². The zero-order valence-corrected chi connectivity index (χ0v) is 19.1. The zero-order valence-electron chi connectivity index (χ0n) is 18.3. The third kappa shape index (κ3) is 7.60. The first-order valence-corrected chi connectivity index (χ1v) is 10.9. The van der Waals surface area contributed by atoms with E-state index in [1.165, 1.54) is 0 Å². The van der Waals surface area contributed by atoms with Gasteiger partial charge in [-0.1, -0.05) is 6.07 Å². The van der Waals surface area contributed by atoms with Crippen molar-refractivity contribution in [2.24, 2.45) is 5.73 Å². The van der Waals surface area contributed by atoms with Crippen molar-refractivity contribution in [3.05, 3.63) is 30.1 Å². The summed E-state index contributed by atoms with van der Waals surface area (Å²) in [6.45, 7) is 8.72. The number of nitrogens with zero attached hydrogens (tertiary/aromatic N) is 1. The number of ether oxygens (including phenoxy) is 3. The number of hydrogen-bond acceptors (Lipinski definition) is 9. The van der Waals surface area contributed by atoms with Crippen molar-refractivity contribution in [3.8, 4) is 0 Å². The number of nitrogens with two attached hydrogens (primary N) is 1. The molecule has 0 saturated carbocycles. The highest BCUT2D eigenvalue weighted by atomic mass is 32.2. The lowest BCUT2D eigenvalue weighted by Gasteiger charge is -2.33. The predicted molar refractivity (Wildman–Crippen MR) is 115 cm³/mol. The first-order chi connectivity index (χ1) is 14.1. The molecule has 0 bridgehead atoms. The van der Waals surface area contributed by atoms with Crippen molar-refractivity contribution in [2.75, 3.05) is 13.2 Å². The fraction of sp³-hybridized carbons (Fsp3) is 0.619.